The number of rotatable bonds is 5. The summed E-state index contributed by atoms with van der Waals surface area (Å²) in [6.07, 6.45) is 0. The Kier molecular flexibility index (Phi) is 4.42. The molecule has 0 aromatic carbocycles. The van der Waals surface area contributed by atoms with Gasteiger partial charge in [0.1, 0.15) is 10.6 Å². The lowest BCUT2D eigenvalue weighted by Gasteiger charge is -2.02. The van der Waals surface area contributed by atoms with E-state index >= 15 is 0 Å². The third-order valence-electron chi connectivity index (χ3n) is 3.73. The van der Waals surface area contributed by atoms with Crippen molar-refractivity contribution in [2.45, 2.75) is 25.9 Å². The Balaban J connectivity index is 1.80. The van der Waals surface area contributed by atoms with Gasteiger partial charge in [0.25, 0.3) is 0 Å². The molecule has 0 saturated carbocycles. The number of ketones is 2. The smallest absolute Gasteiger partial charge is 0.191 e. The van der Waals surface area contributed by atoms with Gasteiger partial charge in [-0.3, -0.25) is 9.59 Å². The molecule has 124 valence electrons. The van der Waals surface area contributed by atoms with Crippen LogP contribution in [0.5, 0.6) is 0 Å². The molecule has 0 aliphatic rings. The van der Waals surface area contributed by atoms with E-state index in [4.69, 9.17) is 5.73 Å². The number of thiophene rings is 1. The molecule has 24 heavy (non-hydrogen) atoms. The van der Waals surface area contributed by atoms with Crippen LogP contribution >= 0.6 is 23.1 Å². The van der Waals surface area contributed by atoms with Crippen molar-refractivity contribution in [2.24, 2.45) is 0 Å². The SMILES string of the molecule is CC(=O)c1c(C)[nH]c(C(=O)CSc2nc(N)c3ccsc3n2)c1C. The molecule has 3 rings (SSSR count). The number of thioether (sulfide) groups is 1. The number of hydrogen-bond donors (Lipinski definition) is 2. The van der Waals surface area contributed by atoms with Crippen molar-refractivity contribution >= 4 is 50.7 Å². The Morgan fingerprint density at radius 3 is 2.75 bits per heavy atom. The zero-order valence-electron chi connectivity index (χ0n) is 13.5. The van der Waals surface area contributed by atoms with Gasteiger partial charge in [-0.2, -0.15) is 0 Å². The van der Waals surface area contributed by atoms with Gasteiger partial charge in [-0.05, 0) is 37.8 Å². The Morgan fingerprint density at radius 1 is 1.33 bits per heavy atom. The van der Waals surface area contributed by atoms with E-state index in [0.717, 1.165) is 10.2 Å². The van der Waals surface area contributed by atoms with Crippen molar-refractivity contribution in [2.75, 3.05) is 11.5 Å². The molecular formula is C16H16N4O2S2. The highest BCUT2D eigenvalue weighted by molar-refractivity contribution is 7.99. The fraction of sp³-hybridized carbons (Fsp3) is 0.250. The van der Waals surface area contributed by atoms with E-state index in [1.807, 2.05) is 11.4 Å². The van der Waals surface area contributed by atoms with Crippen LogP contribution in [-0.4, -0.2) is 32.3 Å². The molecule has 3 N–H and O–H groups in total. The molecule has 0 amide bonds. The van der Waals surface area contributed by atoms with Crippen molar-refractivity contribution in [3.8, 4) is 0 Å². The van der Waals surface area contributed by atoms with Crippen molar-refractivity contribution < 1.29 is 9.59 Å². The molecule has 3 aromatic heterocycles. The second-order valence-corrected chi connectivity index (χ2v) is 7.26. The number of Topliss-reactive ketones (excluding diaryl/α,β-unsaturated/α-hetero) is 2. The number of fused-ring (bicyclic) bond motifs is 1. The van der Waals surface area contributed by atoms with E-state index in [-0.39, 0.29) is 17.3 Å². The van der Waals surface area contributed by atoms with Crippen LogP contribution in [0.4, 0.5) is 5.82 Å². The van der Waals surface area contributed by atoms with Crippen LogP contribution < -0.4 is 5.73 Å². The number of carbonyl (C=O) groups is 2. The van der Waals surface area contributed by atoms with E-state index in [1.165, 1.54) is 30.0 Å². The standard InChI is InChI=1S/C16H16N4O2S2/c1-7-12(9(3)21)8(2)18-13(7)11(22)6-24-16-19-14(17)10-4-5-23-15(10)20-16/h4-5,18H,6H2,1-3H3,(H2,17,19,20). The monoisotopic (exact) mass is 360 g/mol. The number of nitrogens with zero attached hydrogens (tertiary/aromatic N) is 2. The minimum atomic E-state index is -0.0958. The molecule has 0 unspecified atom stereocenters. The minimum absolute atomic E-state index is 0.0489. The molecule has 0 saturated heterocycles. The molecule has 0 atom stereocenters. The van der Waals surface area contributed by atoms with Crippen molar-refractivity contribution in [1.82, 2.24) is 15.0 Å². The minimum Gasteiger partial charge on any atom is -0.383 e. The number of hydrogen-bond acceptors (Lipinski definition) is 7. The summed E-state index contributed by atoms with van der Waals surface area (Å²) in [7, 11) is 0. The predicted octanol–water partition coefficient (Wildman–Crippen LogP) is 3.40. The molecular weight excluding hydrogens is 344 g/mol. The predicted molar refractivity (Wildman–Crippen MR) is 97.2 cm³/mol. The fourth-order valence-electron chi connectivity index (χ4n) is 2.68. The Hall–Kier alpha value is -2.19. The molecule has 3 heterocycles. The number of anilines is 1. The van der Waals surface area contributed by atoms with E-state index in [1.54, 1.807) is 13.8 Å². The van der Waals surface area contributed by atoms with Crippen LogP contribution in [0.2, 0.25) is 0 Å². The number of nitrogen functional groups attached to an aromatic ring is 1. The molecule has 0 spiro atoms. The first-order valence-corrected chi connectivity index (χ1v) is 9.11. The third-order valence-corrected chi connectivity index (χ3v) is 5.39. The second-order valence-electron chi connectivity index (χ2n) is 5.42. The Morgan fingerprint density at radius 2 is 2.08 bits per heavy atom. The van der Waals surface area contributed by atoms with Gasteiger partial charge in [0.05, 0.1) is 16.8 Å². The van der Waals surface area contributed by atoms with Crippen LogP contribution in [0.15, 0.2) is 16.6 Å². The molecule has 0 aliphatic heterocycles. The number of aromatic amines is 1. The van der Waals surface area contributed by atoms with Crippen molar-refractivity contribution in [1.29, 1.82) is 0 Å². The number of nitrogens with one attached hydrogen (secondary N) is 1. The highest BCUT2D eigenvalue weighted by Gasteiger charge is 2.20. The van der Waals surface area contributed by atoms with Gasteiger partial charge in [-0.1, -0.05) is 11.8 Å². The maximum Gasteiger partial charge on any atom is 0.191 e. The normalized spacial score (nSPS) is 11.1. The summed E-state index contributed by atoms with van der Waals surface area (Å²) in [6, 6.07) is 1.88. The summed E-state index contributed by atoms with van der Waals surface area (Å²) in [5.74, 6) is 0.449. The summed E-state index contributed by atoms with van der Waals surface area (Å²) in [5, 5.41) is 3.21. The number of nitrogens with two attached hydrogens (primary N) is 1. The number of aromatic nitrogens is 3. The molecule has 8 heteroatoms. The average Bonchev–Trinajstić information content (AvgIpc) is 3.09. The summed E-state index contributed by atoms with van der Waals surface area (Å²) in [6.45, 7) is 5.07. The zero-order chi connectivity index (χ0) is 17.4. The van der Waals surface area contributed by atoms with Gasteiger partial charge < -0.3 is 10.7 Å². The second kappa shape index (κ2) is 6.37. The van der Waals surface area contributed by atoms with E-state index in [0.29, 0.717) is 33.5 Å². The van der Waals surface area contributed by atoms with E-state index in [2.05, 4.69) is 15.0 Å². The lowest BCUT2D eigenvalue weighted by Crippen LogP contribution is -2.06. The first kappa shape index (κ1) is 16.7. The molecule has 3 aromatic rings. The summed E-state index contributed by atoms with van der Waals surface area (Å²) in [5.41, 5.74) is 8.38. The molecule has 6 nitrogen and oxygen atoms in total. The lowest BCUT2D eigenvalue weighted by atomic mass is 10.1. The first-order valence-electron chi connectivity index (χ1n) is 7.25. The lowest BCUT2D eigenvalue weighted by molar-refractivity contribution is 0.101. The molecule has 0 fully saturated rings. The fourth-order valence-corrected chi connectivity index (χ4v) is 4.23. The highest BCUT2D eigenvalue weighted by atomic mass is 32.2. The maximum absolute atomic E-state index is 12.5. The van der Waals surface area contributed by atoms with Gasteiger partial charge in [-0.25, -0.2) is 9.97 Å². The number of carbonyl (C=O) groups excluding carboxylic acids is 2. The Labute approximate surface area is 146 Å². The van der Waals surface area contributed by atoms with Crippen LogP contribution in [0.25, 0.3) is 10.2 Å². The number of aryl methyl sites for hydroxylation is 1. The van der Waals surface area contributed by atoms with Gasteiger partial charge in [0.2, 0.25) is 0 Å². The summed E-state index contributed by atoms with van der Waals surface area (Å²) >= 11 is 2.72. The van der Waals surface area contributed by atoms with Crippen LogP contribution in [0.1, 0.15) is 39.0 Å². The molecule has 0 aliphatic carbocycles. The summed E-state index contributed by atoms with van der Waals surface area (Å²) < 4.78 is 0. The molecule has 0 bridgehead atoms. The average molecular weight is 360 g/mol. The van der Waals surface area contributed by atoms with E-state index in [9.17, 15) is 9.59 Å². The number of H-pyrrole nitrogens is 1. The van der Waals surface area contributed by atoms with Crippen LogP contribution in [0.3, 0.4) is 0 Å². The third kappa shape index (κ3) is 2.94. The van der Waals surface area contributed by atoms with Crippen molar-refractivity contribution in [3.05, 3.63) is 34.0 Å². The zero-order valence-corrected chi connectivity index (χ0v) is 15.1. The quantitative estimate of drug-likeness (QED) is 0.411. The summed E-state index contributed by atoms with van der Waals surface area (Å²) in [4.78, 5) is 36.6. The van der Waals surface area contributed by atoms with Gasteiger partial charge >= 0.3 is 0 Å². The van der Waals surface area contributed by atoms with Gasteiger partial charge in [0, 0.05) is 11.3 Å². The van der Waals surface area contributed by atoms with Gasteiger partial charge in [-0.15, -0.1) is 11.3 Å². The van der Waals surface area contributed by atoms with Crippen LogP contribution in [0, 0.1) is 13.8 Å². The maximum atomic E-state index is 12.5. The topological polar surface area (TPSA) is 102 Å². The molecule has 0 radical (unpaired) electrons. The van der Waals surface area contributed by atoms with Gasteiger partial charge in [0.15, 0.2) is 16.7 Å². The highest BCUT2D eigenvalue weighted by Crippen LogP contribution is 2.27. The van der Waals surface area contributed by atoms with Crippen LogP contribution in [-0.2, 0) is 0 Å². The largest absolute Gasteiger partial charge is 0.383 e. The first-order chi connectivity index (χ1) is 11.4. The van der Waals surface area contributed by atoms with Crippen molar-refractivity contribution in [3.63, 3.8) is 0 Å². The van der Waals surface area contributed by atoms with E-state index < -0.39 is 0 Å². The Bertz CT molecular complexity index is 959.